The molecule has 92 valence electrons. The highest BCUT2D eigenvalue weighted by Crippen LogP contribution is 2.48. The molecule has 0 radical (unpaired) electrons. The van der Waals surface area contributed by atoms with Crippen molar-refractivity contribution in [2.75, 3.05) is 19.8 Å². The summed E-state index contributed by atoms with van der Waals surface area (Å²) in [5.41, 5.74) is -0.120. The standard InChI is InChI=1S/C11H17IO4/c12-10-2-4-11(5-3-10,16-7-10)8-15-6-1-9(13)14/h1-8H2,(H,13,14). The fourth-order valence-corrected chi connectivity index (χ4v) is 3.02. The predicted molar refractivity (Wildman–Crippen MR) is 67.0 cm³/mol. The largest absolute Gasteiger partial charge is 0.481 e. The Labute approximate surface area is 109 Å². The molecular weight excluding hydrogens is 323 g/mol. The Bertz CT molecular complexity index is 255. The summed E-state index contributed by atoms with van der Waals surface area (Å²) in [5.74, 6) is -0.808. The van der Waals surface area contributed by atoms with E-state index in [9.17, 15) is 4.79 Å². The highest BCUT2D eigenvalue weighted by atomic mass is 127. The van der Waals surface area contributed by atoms with Crippen LogP contribution in [0.1, 0.15) is 32.1 Å². The van der Waals surface area contributed by atoms with Crippen molar-refractivity contribution in [3.63, 3.8) is 0 Å². The number of rotatable bonds is 5. The minimum Gasteiger partial charge on any atom is -0.481 e. The van der Waals surface area contributed by atoms with E-state index in [0.29, 0.717) is 10.0 Å². The maximum absolute atomic E-state index is 10.3. The van der Waals surface area contributed by atoms with E-state index in [4.69, 9.17) is 14.6 Å². The van der Waals surface area contributed by atoms with Crippen molar-refractivity contribution in [1.82, 2.24) is 0 Å². The van der Waals surface area contributed by atoms with Gasteiger partial charge in [-0.05, 0) is 25.7 Å². The minimum absolute atomic E-state index is 0.0757. The van der Waals surface area contributed by atoms with E-state index in [1.165, 1.54) is 12.8 Å². The van der Waals surface area contributed by atoms with Crippen LogP contribution in [-0.2, 0) is 14.3 Å². The number of fused-ring (bicyclic) bond motifs is 3. The second kappa shape index (κ2) is 4.78. The summed E-state index contributed by atoms with van der Waals surface area (Å²) in [6.45, 7) is 1.65. The lowest BCUT2D eigenvalue weighted by atomic mass is 9.76. The van der Waals surface area contributed by atoms with Gasteiger partial charge in [-0.15, -0.1) is 0 Å². The number of ether oxygens (including phenoxy) is 2. The van der Waals surface area contributed by atoms with Crippen LogP contribution in [0.25, 0.3) is 0 Å². The molecule has 1 aliphatic carbocycles. The fraction of sp³-hybridized carbons (Fsp3) is 0.909. The third kappa shape index (κ3) is 2.87. The first-order valence-electron chi connectivity index (χ1n) is 5.66. The van der Waals surface area contributed by atoms with E-state index in [1.54, 1.807) is 0 Å². The van der Waals surface area contributed by atoms with E-state index >= 15 is 0 Å². The van der Waals surface area contributed by atoms with Crippen LogP contribution in [-0.4, -0.2) is 39.9 Å². The lowest BCUT2D eigenvalue weighted by Crippen LogP contribution is -2.54. The summed E-state index contributed by atoms with van der Waals surface area (Å²) in [5, 5.41) is 8.50. The van der Waals surface area contributed by atoms with Gasteiger partial charge in [0.1, 0.15) is 0 Å². The topological polar surface area (TPSA) is 55.8 Å². The summed E-state index contributed by atoms with van der Waals surface area (Å²) in [6.07, 6.45) is 4.55. The Morgan fingerprint density at radius 3 is 2.56 bits per heavy atom. The first-order chi connectivity index (χ1) is 7.54. The van der Waals surface area contributed by atoms with Gasteiger partial charge in [-0.25, -0.2) is 0 Å². The first-order valence-corrected chi connectivity index (χ1v) is 6.74. The van der Waals surface area contributed by atoms with Gasteiger partial charge in [-0.3, -0.25) is 4.79 Å². The zero-order valence-corrected chi connectivity index (χ0v) is 11.4. The van der Waals surface area contributed by atoms with Crippen LogP contribution >= 0.6 is 22.6 Å². The molecule has 0 spiro atoms. The number of hydrogen-bond acceptors (Lipinski definition) is 3. The third-order valence-corrected chi connectivity index (χ3v) is 4.91. The molecule has 0 amide bonds. The SMILES string of the molecule is O=C(O)CCOCC12CCC(I)(CC1)CO2. The van der Waals surface area contributed by atoms with Gasteiger partial charge >= 0.3 is 5.97 Å². The van der Waals surface area contributed by atoms with E-state index < -0.39 is 5.97 Å². The molecule has 0 aromatic heterocycles. The second-order valence-corrected chi connectivity index (χ2v) is 7.11. The smallest absolute Gasteiger partial charge is 0.305 e. The normalized spacial score (nSPS) is 37.6. The highest BCUT2D eigenvalue weighted by Gasteiger charge is 2.48. The number of halogens is 1. The second-order valence-electron chi connectivity index (χ2n) is 4.82. The maximum atomic E-state index is 10.3. The average Bonchev–Trinajstić information content (AvgIpc) is 2.27. The van der Waals surface area contributed by atoms with Crippen molar-refractivity contribution >= 4 is 28.6 Å². The quantitative estimate of drug-likeness (QED) is 0.473. The number of aliphatic carboxylic acids is 1. The number of carboxylic acids is 1. The summed E-state index contributed by atoms with van der Waals surface area (Å²) in [4.78, 5) is 10.3. The molecule has 0 unspecified atom stereocenters. The van der Waals surface area contributed by atoms with Crippen LogP contribution in [0.3, 0.4) is 0 Å². The van der Waals surface area contributed by atoms with E-state index in [0.717, 1.165) is 19.4 Å². The molecule has 2 aliphatic heterocycles. The molecule has 1 N–H and O–H groups in total. The van der Waals surface area contributed by atoms with Crippen molar-refractivity contribution in [3.8, 4) is 0 Å². The Hall–Kier alpha value is 0.120. The molecule has 5 heteroatoms. The Morgan fingerprint density at radius 2 is 2.06 bits per heavy atom. The van der Waals surface area contributed by atoms with Crippen LogP contribution in [0.4, 0.5) is 0 Å². The molecule has 2 saturated heterocycles. The van der Waals surface area contributed by atoms with E-state index in [2.05, 4.69) is 22.6 Å². The lowest BCUT2D eigenvalue weighted by molar-refractivity contribution is -0.164. The Balaban J connectivity index is 1.75. The van der Waals surface area contributed by atoms with Crippen molar-refractivity contribution < 1.29 is 19.4 Å². The lowest BCUT2D eigenvalue weighted by Gasteiger charge is -2.50. The van der Waals surface area contributed by atoms with E-state index in [1.807, 2.05) is 0 Å². The number of hydrogen-bond donors (Lipinski definition) is 1. The summed E-state index contributed by atoms with van der Waals surface area (Å²) >= 11 is 2.51. The maximum Gasteiger partial charge on any atom is 0.305 e. The zero-order valence-electron chi connectivity index (χ0n) is 9.21. The van der Waals surface area contributed by atoms with Crippen LogP contribution in [0.2, 0.25) is 0 Å². The van der Waals surface area contributed by atoms with Crippen molar-refractivity contribution in [2.45, 2.75) is 41.1 Å². The van der Waals surface area contributed by atoms with Gasteiger partial charge < -0.3 is 14.6 Å². The average molecular weight is 340 g/mol. The molecule has 3 fully saturated rings. The fourth-order valence-electron chi connectivity index (χ4n) is 2.33. The zero-order chi connectivity index (χ0) is 11.6. The number of carboxylic acid groups (broad SMARTS) is 1. The highest BCUT2D eigenvalue weighted by molar-refractivity contribution is 14.1. The van der Waals surface area contributed by atoms with Gasteiger partial charge in [0, 0.05) is 3.42 Å². The predicted octanol–water partition coefficient (Wildman–Crippen LogP) is 1.99. The third-order valence-electron chi connectivity index (χ3n) is 3.52. The van der Waals surface area contributed by atoms with Gasteiger partial charge in [-0.1, -0.05) is 22.6 Å². The van der Waals surface area contributed by atoms with Gasteiger partial charge in [0.2, 0.25) is 0 Å². The molecular formula is C11H17IO4. The van der Waals surface area contributed by atoms with Crippen LogP contribution in [0.5, 0.6) is 0 Å². The van der Waals surface area contributed by atoms with Crippen molar-refractivity contribution in [2.24, 2.45) is 0 Å². The molecule has 2 heterocycles. The molecule has 0 aromatic carbocycles. The summed E-state index contributed by atoms with van der Waals surface area (Å²) < 4.78 is 11.7. The Morgan fingerprint density at radius 1 is 1.38 bits per heavy atom. The van der Waals surface area contributed by atoms with Crippen LogP contribution < -0.4 is 0 Å². The molecule has 3 rings (SSSR count). The monoisotopic (exact) mass is 340 g/mol. The van der Waals surface area contributed by atoms with E-state index in [-0.39, 0.29) is 18.6 Å². The van der Waals surface area contributed by atoms with Crippen LogP contribution in [0, 0.1) is 0 Å². The van der Waals surface area contributed by atoms with Crippen LogP contribution in [0.15, 0.2) is 0 Å². The summed E-state index contributed by atoms with van der Waals surface area (Å²) in [6, 6.07) is 0. The molecule has 3 aliphatic rings. The van der Waals surface area contributed by atoms with Crippen molar-refractivity contribution in [1.29, 1.82) is 0 Å². The molecule has 16 heavy (non-hydrogen) atoms. The molecule has 1 saturated carbocycles. The molecule has 2 bridgehead atoms. The van der Waals surface area contributed by atoms with Gasteiger partial charge in [0.25, 0.3) is 0 Å². The Kier molecular flexibility index (Phi) is 3.75. The van der Waals surface area contributed by atoms with Gasteiger partial charge in [0.05, 0.1) is 31.8 Å². The van der Waals surface area contributed by atoms with Crippen molar-refractivity contribution in [3.05, 3.63) is 0 Å². The summed E-state index contributed by atoms with van der Waals surface area (Å²) in [7, 11) is 0. The molecule has 0 aromatic rings. The molecule has 0 atom stereocenters. The first kappa shape index (κ1) is 12.6. The number of alkyl halides is 1. The van der Waals surface area contributed by atoms with Gasteiger partial charge in [-0.2, -0.15) is 0 Å². The van der Waals surface area contributed by atoms with Gasteiger partial charge in [0.15, 0.2) is 0 Å². The molecule has 4 nitrogen and oxygen atoms in total. The minimum atomic E-state index is -0.808. The number of carbonyl (C=O) groups is 1.